The number of ether oxygens (including phenoxy) is 3. The van der Waals surface area contributed by atoms with Gasteiger partial charge in [0.1, 0.15) is 11.9 Å². The van der Waals surface area contributed by atoms with Crippen LogP contribution in [0.25, 0.3) is 0 Å². The zero-order chi connectivity index (χ0) is 26.5. The van der Waals surface area contributed by atoms with Gasteiger partial charge in [0.2, 0.25) is 5.78 Å². The molecule has 7 nitrogen and oxygen atoms in total. The Bertz CT molecular complexity index is 1100. The van der Waals surface area contributed by atoms with Gasteiger partial charge >= 0.3 is 11.9 Å². The molecule has 0 amide bonds. The molecule has 7 heteroatoms. The lowest BCUT2D eigenvalue weighted by Crippen LogP contribution is -2.52. The van der Waals surface area contributed by atoms with Gasteiger partial charge in [-0.3, -0.25) is 14.4 Å². The molecule has 2 aliphatic carbocycles. The van der Waals surface area contributed by atoms with Gasteiger partial charge in [-0.05, 0) is 50.3 Å². The fraction of sp³-hybridized carbons (Fsp3) is 0.586. The zero-order valence-electron chi connectivity index (χ0n) is 22.0. The second-order valence-corrected chi connectivity index (χ2v) is 11.5. The van der Waals surface area contributed by atoms with E-state index in [0.717, 1.165) is 0 Å². The molecule has 1 aromatic rings. The summed E-state index contributed by atoms with van der Waals surface area (Å²) >= 11 is 0. The largest absolute Gasteiger partial charge is 0.458 e. The predicted octanol–water partition coefficient (Wildman–Crippen LogP) is 4.62. The van der Waals surface area contributed by atoms with Gasteiger partial charge in [-0.15, -0.1) is 0 Å². The summed E-state index contributed by atoms with van der Waals surface area (Å²) in [6, 6.07) is 8.67. The Kier molecular flexibility index (Phi) is 6.75. The first-order chi connectivity index (χ1) is 16.8. The molecule has 0 N–H and O–H groups in total. The number of rotatable bonds is 3. The molecular formula is C29H36O7. The van der Waals surface area contributed by atoms with Crippen LogP contribution in [0.2, 0.25) is 0 Å². The van der Waals surface area contributed by atoms with E-state index in [2.05, 4.69) is 0 Å². The molecule has 0 bridgehead atoms. The average Bonchev–Trinajstić information content (AvgIpc) is 3.41. The van der Waals surface area contributed by atoms with E-state index in [1.807, 2.05) is 33.8 Å². The standard InChI is InChI=1S/C29H36O7/c1-17-12-14-27(4,5)21(31)13-15-28(6)25(36-28)22-23(34-26(33)20-10-8-7-9-11-20)18(2)16-29(22,24(17)32)35-19(3)30/h7-12,18,22-23,25H,13-16H2,1-6H3/b17-12+/t18-,22+,23-,25-,28+,29+/m0/s1. The lowest BCUT2D eigenvalue weighted by atomic mass is 9.74. The Labute approximate surface area is 212 Å². The summed E-state index contributed by atoms with van der Waals surface area (Å²) in [4.78, 5) is 52.5. The molecule has 0 spiro atoms. The van der Waals surface area contributed by atoms with Gasteiger partial charge in [0.05, 0.1) is 23.2 Å². The third-order valence-electron chi connectivity index (χ3n) is 8.19. The number of hydrogen-bond acceptors (Lipinski definition) is 7. The minimum atomic E-state index is -1.52. The van der Waals surface area contributed by atoms with E-state index >= 15 is 0 Å². The van der Waals surface area contributed by atoms with Crippen molar-refractivity contribution in [1.29, 1.82) is 0 Å². The van der Waals surface area contributed by atoms with Gasteiger partial charge in [0.25, 0.3) is 0 Å². The highest BCUT2D eigenvalue weighted by Gasteiger charge is 2.71. The number of carbonyl (C=O) groups excluding carboxylic acids is 4. The van der Waals surface area contributed by atoms with Crippen LogP contribution in [0.4, 0.5) is 0 Å². The van der Waals surface area contributed by atoms with Crippen LogP contribution in [0, 0.1) is 17.3 Å². The Morgan fingerprint density at radius 3 is 2.39 bits per heavy atom. The first kappa shape index (κ1) is 26.3. The number of esters is 2. The number of epoxide rings is 1. The number of fused-ring (bicyclic) bond motifs is 3. The summed E-state index contributed by atoms with van der Waals surface area (Å²) in [5.74, 6) is -2.27. The molecule has 1 saturated heterocycles. The number of benzene rings is 1. The van der Waals surface area contributed by atoms with Crippen molar-refractivity contribution in [3.05, 3.63) is 47.5 Å². The molecule has 1 heterocycles. The van der Waals surface area contributed by atoms with Crippen LogP contribution >= 0.6 is 0 Å². The lowest BCUT2D eigenvalue weighted by Gasteiger charge is -2.35. The Morgan fingerprint density at radius 1 is 1.08 bits per heavy atom. The third-order valence-corrected chi connectivity index (χ3v) is 8.19. The molecule has 0 unspecified atom stereocenters. The smallest absolute Gasteiger partial charge is 0.338 e. The summed E-state index contributed by atoms with van der Waals surface area (Å²) in [6.07, 6.45) is 1.96. The summed E-state index contributed by atoms with van der Waals surface area (Å²) in [5.41, 5.74) is -2.03. The minimum absolute atomic E-state index is 0.105. The van der Waals surface area contributed by atoms with E-state index in [9.17, 15) is 19.2 Å². The van der Waals surface area contributed by atoms with Crippen LogP contribution in [0.15, 0.2) is 42.0 Å². The van der Waals surface area contributed by atoms with Crippen molar-refractivity contribution < 1.29 is 33.4 Å². The highest BCUT2D eigenvalue weighted by molar-refractivity contribution is 6.03. The molecule has 0 radical (unpaired) electrons. The lowest BCUT2D eigenvalue weighted by molar-refractivity contribution is -0.171. The highest BCUT2D eigenvalue weighted by atomic mass is 16.6. The Morgan fingerprint density at radius 2 is 1.75 bits per heavy atom. The molecule has 6 atom stereocenters. The van der Waals surface area contributed by atoms with Gasteiger partial charge in [-0.2, -0.15) is 0 Å². The summed E-state index contributed by atoms with van der Waals surface area (Å²) < 4.78 is 18.2. The number of Topliss-reactive ketones (excluding diaryl/α,β-unsaturated/α-hetero) is 2. The molecule has 0 aromatic heterocycles. The van der Waals surface area contributed by atoms with Gasteiger partial charge in [-0.25, -0.2) is 4.79 Å². The minimum Gasteiger partial charge on any atom is -0.458 e. The van der Waals surface area contributed by atoms with Crippen molar-refractivity contribution in [2.45, 2.75) is 90.6 Å². The molecule has 194 valence electrons. The molecule has 2 fully saturated rings. The summed E-state index contributed by atoms with van der Waals surface area (Å²) in [6.45, 7) is 10.6. The van der Waals surface area contributed by atoms with Gasteiger partial charge in [0, 0.05) is 25.2 Å². The van der Waals surface area contributed by atoms with E-state index in [0.29, 0.717) is 30.4 Å². The van der Waals surface area contributed by atoms with Crippen molar-refractivity contribution in [1.82, 2.24) is 0 Å². The first-order valence-electron chi connectivity index (χ1n) is 12.7. The zero-order valence-corrected chi connectivity index (χ0v) is 22.0. The van der Waals surface area contributed by atoms with Gasteiger partial charge < -0.3 is 14.2 Å². The maximum absolute atomic E-state index is 14.1. The van der Waals surface area contributed by atoms with Crippen LogP contribution < -0.4 is 0 Å². The van der Waals surface area contributed by atoms with Crippen LogP contribution in [0.5, 0.6) is 0 Å². The van der Waals surface area contributed by atoms with Crippen LogP contribution in [-0.2, 0) is 28.6 Å². The molecule has 1 saturated carbocycles. The number of carbonyl (C=O) groups is 4. The van der Waals surface area contributed by atoms with E-state index in [1.54, 1.807) is 37.3 Å². The fourth-order valence-corrected chi connectivity index (χ4v) is 5.94. The first-order valence-corrected chi connectivity index (χ1v) is 12.7. The van der Waals surface area contributed by atoms with Crippen molar-refractivity contribution in [3.8, 4) is 0 Å². The monoisotopic (exact) mass is 496 g/mol. The van der Waals surface area contributed by atoms with E-state index in [1.165, 1.54) is 6.92 Å². The average molecular weight is 497 g/mol. The molecule has 1 aromatic carbocycles. The molecule has 1 aliphatic heterocycles. The Hall–Kier alpha value is -2.80. The van der Waals surface area contributed by atoms with Crippen LogP contribution in [0.1, 0.15) is 77.6 Å². The predicted molar refractivity (Wildman–Crippen MR) is 132 cm³/mol. The Balaban J connectivity index is 1.80. The van der Waals surface area contributed by atoms with Crippen LogP contribution in [-0.4, -0.2) is 46.9 Å². The molecule has 3 aliphatic rings. The van der Waals surface area contributed by atoms with E-state index in [4.69, 9.17) is 14.2 Å². The van der Waals surface area contributed by atoms with Crippen molar-refractivity contribution in [2.75, 3.05) is 0 Å². The number of ketones is 2. The normalized spacial score (nSPS) is 37.3. The molecule has 4 rings (SSSR count). The summed E-state index contributed by atoms with van der Waals surface area (Å²) in [5, 5.41) is 0. The molecule has 36 heavy (non-hydrogen) atoms. The van der Waals surface area contributed by atoms with Crippen LogP contribution in [0.3, 0.4) is 0 Å². The third kappa shape index (κ3) is 4.65. The topological polar surface area (TPSA) is 99.3 Å². The maximum atomic E-state index is 14.1. The van der Waals surface area contributed by atoms with E-state index in [-0.39, 0.29) is 23.9 Å². The fourth-order valence-electron chi connectivity index (χ4n) is 5.94. The number of allylic oxidation sites excluding steroid dienone is 1. The molecular weight excluding hydrogens is 460 g/mol. The van der Waals surface area contributed by atoms with Gasteiger partial charge in [-0.1, -0.05) is 45.0 Å². The number of hydrogen-bond donors (Lipinski definition) is 0. The van der Waals surface area contributed by atoms with Gasteiger partial charge in [0.15, 0.2) is 5.60 Å². The van der Waals surface area contributed by atoms with E-state index < -0.39 is 46.7 Å². The van der Waals surface area contributed by atoms with Crippen molar-refractivity contribution >= 4 is 23.5 Å². The SMILES string of the molecule is CC(=O)O[C@]12C[C@H](C)[C@H](OC(=O)c3ccccc3)[C@@H]1[C@@H]1O[C@]1(C)CCC(=O)C(C)(C)C/C=C(\C)C2=O. The highest BCUT2D eigenvalue weighted by Crippen LogP contribution is 2.57. The second kappa shape index (κ2) is 9.25. The quantitative estimate of drug-likeness (QED) is 0.445. The second-order valence-electron chi connectivity index (χ2n) is 11.5. The maximum Gasteiger partial charge on any atom is 0.338 e. The summed E-state index contributed by atoms with van der Waals surface area (Å²) in [7, 11) is 0. The van der Waals surface area contributed by atoms with Crippen molar-refractivity contribution in [3.63, 3.8) is 0 Å². The van der Waals surface area contributed by atoms with Crippen molar-refractivity contribution in [2.24, 2.45) is 17.3 Å².